The van der Waals surface area contributed by atoms with Gasteiger partial charge in [-0.05, 0) is 13.3 Å². The van der Waals surface area contributed by atoms with E-state index >= 15 is 0 Å². The molecule has 122 valence electrons. The topological polar surface area (TPSA) is 0 Å². The molecule has 0 aromatic rings. The van der Waals surface area contributed by atoms with Crippen molar-refractivity contribution in [3.8, 4) is 0 Å². The summed E-state index contributed by atoms with van der Waals surface area (Å²) in [7, 11) is 0. The van der Waals surface area contributed by atoms with Crippen molar-refractivity contribution in [3.63, 3.8) is 0 Å². The number of unbranched alkanes of at least 4 members (excludes halogenated alkanes) is 14. The normalized spacial score (nSPS) is 12.8. The molecule has 0 nitrogen and oxygen atoms in total. The largest absolute Gasteiger partial charge is 0.248 e. The minimum Gasteiger partial charge on any atom is -0.248 e. The molecule has 0 aliphatic rings. The zero-order valence-electron chi connectivity index (χ0n) is 14.3. The van der Waals surface area contributed by atoms with E-state index in [-0.39, 0.29) is 0 Å². The Morgan fingerprint density at radius 3 is 1.15 bits per heavy atom. The summed E-state index contributed by atoms with van der Waals surface area (Å²) in [5.41, 5.74) is 0. The molecule has 1 unspecified atom stereocenters. The van der Waals surface area contributed by atoms with Gasteiger partial charge in [0.2, 0.25) is 0 Å². The molecule has 0 radical (unpaired) electrons. The van der Waals surface area contributed by atoms with Crippen molar-refractivity contribution in [2.24, 2.45) is 0 Å². The molecule has 20 heavy (non-hydrogen) atoms. The van der Waals surface area contributed by atoms with Crippen LogP contribution in [0.2, 0.25) is 0 Å². The van der Waals surface area contributed by atoms with Crippen LogP contribution in [0.3, 0.4) is 0 Å². The highest BCUT2D eigenvalue weighted by atomic mass is 19.1. The molecule has 0 aromatic heterocycles. The summed E-state index contributed by atoms with van der Waals surface area (Å²) in [6.07, 6.45) is 20.8. The van der Waals surface area contributed by atoms with Gasteiger partial charge in [-0.3, -0.25) is 0 Å². The van der Waals surface area contributed by atoms with Gasteiger partial charge in [0, 0.05) is 0 Å². The Hall–Kier alpha value is -0.0700. The summed E-state index contributed by atoms with van der Waals surface area (Å²) in [5.74, 6) is 0. The van der Waals surface area contributed by atoms with E-state index in [1.165, 1.54) is 89.9 Å². The lowest BCUT2D eigenvalue weighted by molar-refractivity contribution is 0.329. The van der Waals surface area contributed by atoms with Gasteiger partial charge in [0.15, 0.2) is 0 Å². The zero-order valence-corrected chi connectivity index (χ0v) is 14.3. The highest BCUT2D eigenvalue weighted by molar-refractivity contribution is 4.51. The van der Waals surface area contributed by atoms with E-state index in [9.17, 15) is 4.39 Å². The van der Waals surface area contributed by atoms with Gasteiger partial charge in [0.1, 0.15) is 0 Å². The van der Waals surface area contributed by atoms with Crippen LogP contribution in [0.15, 0.2) is 0 Å². The second kappa shape index (κ2) is 17.0. The quantitative estimate of drug-likeness (QED) is 0.256. The van der Waals surface area contributed by atoms with E-state index in [0.717, 1.165) is 12.8 Å². The summed E-state index contributed by atoms with van der Waals surface area (Å²) < 4.78 is 12.6. The van der Waals surface area contributed by atoms with Crippen molar-refractivity contribution < 1.29 is 4.39 Å². The van der Waals surface area contributed by atoms with E-state index in [1.54, 1.807) is 6.92 Å². The molecule has 0 fully saturated rings. The molecule has 0 spiro atoms. The van der Waals surface area contributed by atoms with Gasteiger partial charge in [-0.25, -0.2) is 4.39 Å². The van der Waals surface area contributed by atoms with Crippen molar-refractivity contribution in [2.75, 3.05) is 0 Å². The summed E-state index contributed by atoms with van der Waals surface area (Å²) in [6.45, 7) is 3.95. The Kier molecular flexibility index (Phi) is 16.9. The SMILES string of the molecule is CCCCCCCCCCCCCCCCCC(C)F. The average Bonchev–Trinajstić information content (AvgIpc) is 2.43. The molecule has 0 aromatic carbocycles. The van der Waals surface area contributed by atoms with Gasteiger partial charge < -0.3 is 0 Å². The number of halogens is 1. The van der Waals surface area contributed by atoms with Crippen LogP contribution in [0.25, 0.3) is 0 Å². The smallest absolute Gasteiger partial charge is 0.0973 e. The van der Waals surface area contributed by atoms with Crippen LogP contribution in [0, 0.1) is 0 Å². The third-order valence-corrected chi connectivity index (χ3v) is 4.21. The second-order valence-corrected chi connectivity index (χ2v) is 6.52. The lowest BCUT2D eigenvalue weighted by Gasteiger charge is -2.04. The Balaban J connectivity index is 2.92. The maximum absolute atomic E-state index is 12.6. The van der Waals surface area contributed by atoms with Gasteiger partial charge in [0.25, 0.3) is 0 Å². The van der Waals surface area contributed by atoms with Crippen LogP contribution < -0.4 is 0 Å². The first-order valence-electron chi connectivity index (χ1n) is 9.41. The molecule has 1 atom stereocenters. The summed E-state index contributed by atoms with van der Waals surface area (Å²) in [5, 5.41) is 0. The molecule has 0 saturated heterocycles. The fourth-order valence-electron chi connectivity index (χ4n) is 2.80. The molecular weight excluding hydrogens is 247 g/mol. The van der Waals surface area contributed by atoms with E-state index in [0.29, 0.717) is 0 Å². The highest BCUT2D eigenvalue weighted by Crippen LogP contribution is 2.14. The Labute approximate surface area is 127 Å². The van der Waals surface area contributed by atoms with E-state index in [2.05, 4.69) is 6.92 Å². The monoisotopic (exact) mass is 286 g/mol. The molecule has 1 heteroatoms. The van der Waals surface area contributed by atoms with Gasteiger partial charge in [-0.1, -0.05) is 103 Å². The number of hydrogen-bond acceptors (Lipinski definition) is 0. The van der Waals surface area contributed by atoms with Crippen LogP contribution in [0.5, 0.6) is 0 Å². The zero-order chi connectivity index (χ0) is 14.9. The van der Waals surface area contributed by atoms with Crippen LogP contribution >= 0.6 is 0 Å². The number of hydrogen-bond donors (Lipinski definition) is 0. The summed E-state index contributed by atoms with van der Waals surface area (Å²) >= 11 is 0. The van der Waals surface area contributed by atoms with Crippen molar-refractivity contribution in [1.82, 2.24) is 0 Å². The van der Waals surface area contributed by atoms with E-state index in [1.807, 2.05) is 0 Å². The standard InChI is InChI=1S/C19H39F/c1-3-4-5-6-7-8-9-10-11-12-13-14-15-16-17-18-19(2)20/h19H,3-18H2,1-2H3. The summed E-state index contributed by atoms with van der Waals surface area (Å²) in [6, 6.07) is 0. The average molecular weight is 287 g/mol. The van der Waals surface area contributed by atoms with Crippen LogP contribution in [-0.2, 0) is 0 Å². The van der Waals surface area contributed by atoms with Gasteiger partial charge >= 0.3 is 0 Å². The molecule has 0 bridgehead atoms. The van der Waals surface area contributed by atoms with Crippen LogP contribution in [-0.4, -0.2) is 6.17 Å². The van der Waals surface area contributed by atoms with Crippen molar-refractivity contribution >= 4 is 0 Å². The lowest BCUT2D eigenvalue weighted by atomic mass is 10.0. The fraction of sp³-hybridized carbons (Fsp3) is 1.00. The maximum atomic E-state index is 12.6. The Morgan fingerprint density at radius 1 is 0.550 bits per heavy atom. The Morgan fingerprint density at radius 2 is 0.850 bits per heavy atom. The molecular formula is C19H39F. The van der Waals surface area contributed by atoms with E-state index < -0.39 is 6.17 Å². The molecule has 0 aliphatic heterocycles. The summed E-state index contributed by atoms with van der Waals surface area (Å²) in [4.78, 5) is 0. The van der Waals surface area contributed by atoms with E-state index in [4.69, 9.17) is 0 Å². The minimum atomic E-state index is -0.600. The highest BCUT2D eigenvalue weighted by Gasteiger charge is 1.97. The first-order chi connectivity index (χ1) is 9.77. The number of rotatable bonds is 16. The van der Waals surface area contributed by atoms with Gasteiger partial charge in [0.05, 0.1) is 6.17 Å². The third-order valence-electron chi connectivity index (χ3n) is 4.21. The predicted octanol–water partition coefficient (Wildman–Crippen LogP) is 7.61. The molecule has 0 N–H and O–H groups in total. The second-order valence-electron chi connectivity index (χ2n) is 6.52. The lowest BCUT2D eigenvalue weighted by Crippen LogP contribution is -1.91. The molecule has 0 saturated carbocycles. The first kappa shape index (κ1) is 19.9. The fourth-order valence-corrected chi connectivity index (χ4v) is 2.80. The Bertz CT molecular complexity index is 165. The van der Waals surface area contributed by atoms with Crippen LogP contribution in [0.4, 0.5) is 4.39 Å². The molecule has 0 rings (SSSR count). The van der Waals surface area contributed by atoms with Gasteiger partial charge in [-0.2, -0.15) is 0 Å². The van der Waals surface area contributed by atoms with Crippen LogP contribution in [0.1, 0.15) is 117 Å². The number of alkyl halides is 1. The maximum Gasteiger partial charge on any atom is 0.0973 e. The predicted molar refractivity (Wildman–Crippen MR) is 90.1 cm³/mol. The van der Waals surface area contributed by atoms with Crippen molar-refractivity contribution in [2.45, 2.75) is 123 Å². The van der Waals surface area contributed by atoms with Gasteiger partial charge in [-0.15, -0.1) is 0 Å². The molecule has 0 heterocycles. The molecule has 0 aliphatic carbocycles. The third kappa shape index (κ3) is 17.9. The van der Waals surface area contributed by atoms with Crippen molar-refractivity contribution in [3.05, 3.63) is 0 Å². The van der Waals surface area contributed by atoms with Crippen molar-refractivity contribution in [1.29, 1.82) is 0 Å². The minimum absolute atomic E-state index is 0.600. The first-order valence-corrected chi connectivity index (χ1v) is 9.41. The molecule has 0 amide bonds.